The fraction of sp³-hybridized carbons (Fsp3) is 0.583. The third-order valence-electron chi connectivity index (χ3n) is 6.87. The molecule has 1 saturated carbocycles. The number of piperidine rings is 1. The monoisotopic (exact) mass is 484 g/mol. The normalized spacial score (nSPS) is 21.4. The van der Waals surface area contributed by atoms with E-state index in [1.807, 2.05) is 0 Å². The predicted octanol–water partition coefficient (Wildman–Crippen LogP) is 5.25. The van der Waals surface area contributed by atoms with Crippen molar-refractivity contribution >= 4 is 5.91 Å². The number of aromatic amines is 1. The molecule has 186 valence electrons. The Kier molecular flexibility index (Phi) is 6.98. The molecule has 2 aliphatic heterocycles. The summed E-state index contributed by atoms with van der Waals surface area (Å²) in [4.78, 5) is 17.1. The summed E-state index contributed by atoms with van der Waals surface area (Å²) in [5, 5.41) is 7.25. The number of amides is 1. The van der Waals surface area contributed by atoms with Crippen LogP contribution in [0, 0.1) is 11.8 Å². The Morgan fingerprint density at radius 1 is 1.18 bits per heavy atom. The molecular formula is C24H29F5N4O. The zero-order valence-electron chi connectivity index (χ0n) is 19.1. The first-order chi connectivity index (χ1) is 16.0. The van der Waals surface area contributed by atoms with Crippen LogP contribution in [0.25, 0.3) is 0 Å². The first-order valence-electron chi connectivity index (χ1n) is 11.6. The molecule has 1 aromatic heterocycles. The first-order valence-corrected chi connectivity index (χ1v) is 11.6. The molecule has 1 saturated heterocycles. The van der Waals surface area contributed by atoms with E-state index < -0.39 is 34.9 Å². The van der Waals surface area contributed by atoms with Gasteiger partial charge in [0, 0.05) is 44.4 Å². The van der Waals surface area contributed by atoms with Crippen LogP contribution in [0.5, 0.6) is 0 Å². The second kappa shape index (κ2) is 9.64. The fourth-order valence-electron chi connectivity index (χ4n) is 4.87. The lowest BCUT2D eigenvalue weighted by Crippen LogP contribution is -2.40. The summed E-state index contributed by atoms with van der Waals surface area (Å²) in [6.45, 7) is 7.45. The molecule has 1 aliphatic carbocycles. The molecule has 3 heterocycles. The number of H-pyrrole nitrogens is 1. The highest BCUT2D eigenvalue weighted by Gasteiger charge is 2.41. The maximum atomic E-state index is 14.2. The van der Waals surface area contributed by atoms with E-state index in [2.05, 4.69) is 21.7 Å². The van der Waals surface area contributed by atoms with E-state index in [4.69, 9.17) is 0 Å². The first kappa shape index (κ1) is 24.6. The molecule has 4 rings (SSSR count). The molecule has 0 atom stereocenters. The van der Waals surface area contributed by atoms with Gasteiger partial charge in [0.1, 0.15) is 5.83 Å². The minimum absolute atomic E-state index is 0.206. The van der Waals surface area contributed by atoms with Gasteiger partial charge in [-0.05, 0) is 56.4 Å². The van der Waals surface area contributed by atoms with E-state index in [9.17, 15) is 26.7 Å². The smallest absolute Gasteiger partial charge is 0.337 e. The number of aromatic nitrogens is 2. The molecule has 0 aromatic carbocycles. The van der Waals surface area contributed by atoms with Crippen LogP contribution in [-0.4, -0.2) is 58.3 Å². The van der Waals surface area contributed by atoms with Crippen LogP contribution in [0.15, 0.2) is 35.5 Å². The largest absolute Gasteiger partial charge is 0.419 e. The van der Waals surface area contributed by atoms with E-state index in [1.165, 1.54) is 12.8 Å². The SMILES string of the molecule is C=C(/C(=C(F)\C=C(/C)F)C(F)(F)F)C1CCN(C(=O)c2n[nH]c3c2CCN(CC2CC2)C3)CC1. The molecule has 5 nitrogen and oxygen atoms in total. The molecular weight excluding hydrogens is 455 g/mol. The van der Waals surface area contributed by atoms with Crippen molar-refractivity contribution in [3.05, 3.63) is 52.4 Å². The summed E-state index contributed by atoms with van der Waals surface area (Å²) in [7, 11) is 0. The highest BCUT2D eigenvalue weighted by molar-refractivity contribution is 5.94. The number of carbonyl (C=O) groups is 1. The Balaban J connectivity index is 1.40. The van der Waals surface area contributed by atoms with Crippen molar-refractivity contribution in [2.45, 2.75) is 51.7 Å². The van der Waals surface area contributed by atoms with Crippen molar-refractivity contribution in [1.29, 1.82) is 0 Å². The van der Waals surface area contributed by atoms with Crippen molar-refractivity contribution in [1.82, 2.24) is 20.0 Å². The van der Waals surface area contributed by atoms with Gasteiger partial charge >= 0.3 is 6.18 Å². The third kappa shape index (κ3) is 5.42. The van der Waals surface area contributed by atoms with Crippen LogP contribution < -0.4 is 0 Å². The van der Waals surface area contributed by atoms with Crippen LogP contribution in [0.3, 0.4) is 0 Å². The summed E-state index contributed by atoms with van der Waals surface area (Å²) in [5.74, 6) is -2.88. The highest BCUT2D eigenvalue weighted by atomic mass is 19.4. The van der Waals surface area contributed by atoms with E-state index >= 15 is 0 Å². The summed E-state index contributed by atoms with van der Waals surface area (Å²) in [5.41, 5.74) is 0.296. The minimum atomic E-state index is -5.00. The van der Waals surface area contributed by atoms with Gasteiger partial charge in [-0.2, -0.15) is 18.3 Å². The summed E-state index contributed by atoms with van der Waals surface area (Å²) < 4.78 is 67.7. The molecule has 0 bridgehead atoms. The quantitative estimate of drug-likeness (QED) is 0.444. The molecule has 2 fully saturated rings. The lowest BCUT2D eigenvalue weighted by molar-refractivity contribution is -0.0919. The van der Waals surface area contributed by atoms with E-state index in [0.29, 0.717) is 5.69 Å². The van der Waals surface area contributed by atoms with Gasteiger partial charge < -0.3 is 4.90 Å². The average molecular weight is 485 g/mol. The minimum Gasteiger partial charge on any atom is -0.337 e. The van der Waals surface area contributed by atoms with Gasteiger partial charge in [0.25, 0.3) is 5.91 Å². The molecule has 1 aromatic rings. The maximum absolute atomic E-state index is 14.2. The topological polar surface area (TPSA) is 52.2 Å². The Morgan fingerprint density at radius 3 is 2.44 bits per heavy atom. The van der Waals surface area contributed by atoms with Crippen LogP contribution in [0.4, 0.5) is 22.0 Å². The number of likely N-dealkylation sites (tertiary alicyclic amines) is 1. The number of halogens is 5. The van der Waals surface area contributed by atoms with E-state index in [1.54, 1.807) is 4.90 Å². The van der Waals surface area contributed by atoms with E-state index in [0.717, 1.165) is 50.2 Å². The lowest BCUT2D eigenvalue weighted by atomic mass is 9.85. The number of allylic oxidation sites excluding steroid dienone is 5. The van der Waals surface area contributed by atoms with Crippen molar-refractivity contribution in [3.8, 4) is 0 Å². The second-order valence-corrected chi connectivity index (χ2v) is 9.50. The number of nitrogens with one attached hydrogen (secondary N) is 1. The summed E-state index contributed by atoms with van der Waals surface area (Å²) >= 11 is 0. The van der Waals surface area contributed by atoms with Gasteiger partial charge in [-0.15, -0.1) is 0 Å². The molecule has 10 heteroatoms. The van der Waals surface area contributed by atoms with Crippen molar-refractivity contribution in [3.63, 3.8) is 0 Å². The summed E-state index contributed by atoms with van der Waals surface area (Å²) in [6, 6.07) is 0. The molecule has 0 unspecified atom stereocenters. The number of alkyl halides is 3. The fourth-order valence-corrected chi connectivity index (χ4v) is 4.87. The van der Waals surface area contributed by atoms with Crippen LogP contribution in [0.2, 0.25) is 0 Å². The number of carbonyl (C=O) groups excluding carboxylic acids is 1. The van der Waals surface area contributed by atoms with Crippen molar-refractivity contribution in [2.24, 2.45) is 11.8 Å². The van der Waals surface area contributed by atoms with Gasteiger partial charge in [-0.1, -0.05) is 6.58 Å². The Hall–Kier alpha value is -2.49. The standard InChI is InChI=1S/C24H29F5N4O/c1-14(25)11-19(26)21(24(27,28)29)15(2)17-5-9-33(10-6-17)23(34)22-18-7-8-32(12-16-3-4-16)13-20(18)30-31-22/h11,16-17H,2-10,12-13H2,1H3,(H,30,31)/b14-11+,21-19-. The van der Waals surface area contributed by atoms with Crippen LogP contribution in [-0.2, 0) is 13.0 Å². The molecule has 1 amide bonds. The Bertz CT molecular complexity index is 1010. The van der Waals surface area contributed by atoms with Gasteiger partial charge in [0.15, 0.2) is 5.69 Å². The number of nitrogens with zero attached hydrogens (tertiary/aromatic N) is 3. The van der Waals surface area contributed by atoms with Crippen molar-refractivity contribution in [2.75, 3.05) is 26.2 Å². The van der Waals surface area contributed by atoms with Gasteiger partial charge in [0.05, 0.1) is 17.1 Å². The maximum Gasteiger partial charge on any atom is 0.419 e. The van der Waals surface area contributed by atoms with Crippen molar-refractivity contribution < 1.29 is 26.7 Å². The second-order valence-electron chi connectivity index (χ2n) is 9.50. The number of rotatable bonds is 6. The highest BCUT2D eigenvalue weighted by Crippen LogP contribution is 2.40. The molecule has 0 spiro atoms. The van der Waals surface area contributed by atoms with Gasteiger partial charge in [0.2, 0.25) is 0 Å². The molecule has 1 N–H and O–H groups in total. The third-order valence-corrected chi connectivity index (χ3v) is 6.87. The lowest BCUT2D eigenvalue weighted by Gasteiger charge is -2.34. The Morgan fingerprint density at radius 2 is 1.85 bits per heavy atom. The molecule has 3 aliphatic rings. The number of hydrogen-bond donors (Lipinski definition) is 1. The summed E-state index contributed by atoms with van der Waals surface area (Å²) in [6.07, 6.45) is -1.09. The van der Waals surface area contributed by atoms with Crippen LogP contribution >= 0.6 is 0 Å². The molecule has 34 heavy (non-hydrogen) atoms. The van der Waals surface area contributed by atoms with Gasteiger partial charge in [-0.25, -0.2) is 8.78 Å². The molecule has 0 radical (unpaired) electrons. The van der Waals surface area contributed by atoms with Gasteiger partial charge in [-0.3, -0.25) is 14.8 Å². The average Bonchev–Trinajstić information content (AvgIpc) is 3.47. The predicted molar refractivity (Wildman–Crippen MR) is 117 cm³/mol. The van der Waals surface area contributed by atoms with E-state index in [-0.39, 0.29) is 37.9 Å². The zero-order chi connectivity index (χ0) is 24.6. The Labute approximate surface area is 195 Å². The van der Waals surface area contributed by atoms with Crippen LogP contribution in [0.1, 0.15) is 54.4 Å². The number of hydrogen-bond acceptors (Lipinski definition) is 3. The number of fused-ring (bicyclic) bond motifs is 1. The zero-order valence-corrected chi connectivity index (χ0v) is 19.1.